The SMILES string of the molecule is O=S(=O)(c1cccc(F)c1)N1CC[C@H](OCc2ccncc2)C1. The third-order valence-electron chi connectivity index (χ3n) is 3.78. The van der Waals surface area contributed by atoms with Gasteiger partial charge in [0.05, 0.1) is 17.6 Å². The highest BCUT2D eigenvalue weighted by Crippen LogP contribution is 2.23. The minimum absolute atomic E-state index is 0.0210. The number of pyridine rings is 1. The zero-order valence-electron chi connectivity index (χ0n) is 12.4. The number of aromatic nitrogens is 1. The largest absolute Gasteiger partial charge is 0.372 e. The summed E-state index contributed by atoms with van der Waals surface area (Å²) in [4.78, 5) is 3.92. The lowest BCUT2D eigenvalue weighted by Gasteiger charge is -2.17. The summed E-state index contributed by atoms with van der Waals surface area (Å²) in [6, 6.07) is 8.79. The maximum atomic E-state index is 13.3. The van der Waals surface area contributed by atoms with Crippen molar-refractivity contribution in [1.82, 2.24) is 9.29 Å². The second-order valence-electron chi connectivity index (χ2n) is 5.40. The molecule has 5 nitrogen and oxygen atoms in total. The molecule has 0 spiro atoms. The number of sulfonamides is 1. The Bertz CT molecular complexity index is 768. The molecule has 2 heterocycles. The molecule has 0 amide bonds. The Hall–Kier alpha value is -1.83. The van der Waals surface area contributed by atoms with Crippen molar-refractivity contribution in [3.05, 3.63) is 60.2 Å². The number of hydrogen-bond donors (Lipinski definition) is 0. The number of rotatable bonds is 5. The quantitative estimate of drug-likeness (QED) is 0.840. The first-order valence-electron chi connectivity index (χ1n) is 7.32. The average molecular weight is 336 g/mol. The molecule has 1 aromatic carbocycles. The zero-order chi connectivity index (χ0) is 16.3. The van der Waals surface area contributed by atoms with E-state index >= 15 is 0 Å². The van der Waals surface area contributed by atoms with Crippen LogP contribution in [-0.4, -0.2) is 36.9 Å². The monoisotopic (exact) mass is 336 g/mol. The van der Waals surface area contributed by atoms with Crippen LogP contribution in [-0.2, 0) is 21.4 Å². The van der Waals surface area contributed by atoms with E-state index in [9.17, 15) is 12.8 Å². The Kier molecular flexibility index (Phi) is 4.70. The van der Waals surface area contributed by atoms with E-state index in [4.69, 9.17) is 4.74 Å². The maximum absolute atomic E-state index is 13.3. The molecule has 1 aromatic heterocycles. The van der Waals surface area contributed by atoms with Crippen molar-refractivity contribution in [3.8, 4) is 0 Å². The van der Waals surface area contributed by atoms with E-state index in [2.05, 4.69) is 4.98 Å². The van der Waals surface area contributed by atoms with Gasteiger partial charge in [0, 0.05) is 25.5 Å². The van der Waals surface area contributed by atoms with E-state index < -0.39 is 15.8 Å². The fraction of sp³-hybridized carbons (Fsp3) is 0.312. The molecule has 1 aliphatic heterocycles. The van der Waals surface area contributed by atoms with Crippen LogP contribution >= 0.6 is 0 Å². The fourth-order valence-electron chi connectivity index (χ4n) is 2.52. The van der Waals surface area contributed by atoms with Crippen LogP contribution in [0.25, 0.3) is 0 Å². The normalized spacial score (nSPS) is 19.1. The Morgan fingerprint density at radius 2 is 2.04 bits per heavy atom. The molecule has 23 heavy (non-hydrogen) atoms. The van der Waals surface area contributed by atoms with Crippen molar-refractivity contribution >= 4 is 10.0 Å². The van der Waals surface area contributed by atoms with Crippen LogP contribution in [0.3, 0.4) is 0 Å². The molecule has 0 radical (unpaired) electrons. The number of nitrogens with zero attached hydrogens (tertiary/aromatic N) is 2. The van der Waals surface area contributed by atoms with Crippen LogP contribution in [0.15, 0.2) is 53.7 Å². The molecule has 1 atom stereocenters. The van der Waals surface area contributed by atoms with Crippen molar-refractivity contribution in [3.63, 3.8) is 0 Å². The van der Waals surface area contributed by atoms with Crippen LogP contribution in [0.2, 0.25) is 0 Å². The van der Waals surface area contributed by atoms with Crippen molar-refractivity contribution in [2.75, 3.05) is 13.1 Å². The lowest BCUT2D eigenvalue weighted by atomic mass is 10.3. The first-order valence-corrected chi connectivity index (χ1v) is 8.76. The van der Waals surface area contributed by atoms with Crippen molar-refractivity contribution in [1.29, 1.82) is 0 Å². The lowest BCUT2D eigenvalue weighted by Crippen LogP contribution is -2.30. The second-order valence-corrected chi connectivity index (χ2v) is 7.34. The second kappa shape index (κ2) is 6.74. The van der Waals surface area contributed by atoms with Gasteiger partial charge in [-0.3, -0.25) is 4.98 Å². The standard InChI is InChI=1S/C16H17FN2O3S/c17-14-2-1-3-16(10-14)23(20,21)19-9-6-15(11-19)22-12-13-4-7-18-8-5-13/h1-5,7-8,10,15H,6,9,11-12H2/t15-/m0/s1. The molecule has 1 aliphatic rings. The molecule has 0 unspecified atom stereocenters. The van der Waals surface area contributed by atoms with Crippen LogP contribution in [0.1, 0.15) is 12.0 Å². The summed E-state index contributed by atoms with van der Waals surface area (Å²) in [6.07, 6.45) is 3.84. The zero-order valence-corrected chi connectivity index (χ0v) is 13.2. The van der Waals surface area contributed by atoms with Gasteiger partial charge in [-0.05, 0) is 42.3 Å². The molecule has 1 saturated heterocycles. The number of ether oxygens (including phenoxy) is 1. The average Bonchev–Trinajstić information content (AvgIpc) is 3.04. The van der Waals surface area contributed by atoms with Crippen LogP contribution < -0.4 is 0 Å². The minimum atomic E-state index is -3.67. The molecule has 2 aromatic rings. The first kappa shape index (κ1) is 16.0. The Morgan fingerprint density at radius 1 is 1.26 bits per heavy atom. The van der Waals surface area contributed by atoms with Crippen molar-refractivity contribution in [2.24, 2.45) is 0 Å². The molecule has 3 rings (SSSR count). The maximum Gasteiger partial charge on any atom is 0.243 e. The van der Waals surface area contributed by atoms with Crippen LogP contribution in [0, 0.1) is 5.82 Å². The summed E-state index contributed by atoms with van der Waals surface area (Å²) in [5, 5.41) is 0. The lowest BCUT2D eigenvalue weighted by molar-refractivity contribution is 0.0508. The highest BCUT2D eigenvalue weighted by Gasteiger charge is 2.33. The summed E-state index contributed by atoms with van der Waals surface area (Å²) < 4.78 is 45.4. The minimum Gasteiger partial charge on any atom is -0.372 e. The van der Waals surface area contributed by atoms with Gasteiger partial charge in [0.1, 0.15) is 5.82 Å². The number of halogens is 1. The summed E-state index contributed by atoms with van der Waals surface area (Å²) in [6.45, 7) is 1.07. The molecule has 7 heteroatoms. The predicted octanol–water partition coefficient (Wildman–Crippen LogP) is 2.20. The molecular formula is C16H17FN2O3S. The van der Waals surface area contributed by atoms with E-state index in [1.54, 1.807) is 12.4 Å². The van der Waals surface area contributed by atoms with Gasteiger partial charge in [0.2, 0.25) is 10.0 Å². The van der Waals surface area contributed by atoms with Gasteiger partial charge in [-0.2, -0.15) is 4.31 Å². The van der Waals surface area contributed by atoms with Crippen molar-refractivity contribution < 1.29 is 17.5 Å². The van der Waals surface area contributed by atoms with Crippen LogP contribution in [0.4, 0.5) is 4.39 Å². The summed E-state index contributed by atoms with van der Waals surface area (Å²) in [7, 11) is -3.67. The third-order valence-corrected chi connectivity index (χ3v) is 5.64. The van der Waals surface area contributed by atoms with Gasteiger partial charge >= 0.3 is 0 Å². The van der Waals surface area contributed by atoms with E-state index in [0.717, 1.165) is 11.6 Å². The predicted molar refractivity (Wildman–Crippen MR) is 82.6 cm³/mol. The topological polar surface area (TPSA) is 59.5 Å². The Labute approximate surface area is 134 Å². The molecule has 0 bridgehead atoms. The van der Waals surface area contributed by atoms with E-state index in [-0.39, 0.29) is 17.5 Å². The Morgan fingerprint density at radius 3 is 2.78 bits per heavy atom. The summed E-state index contributed by atoms with van der Waals surface area (Å²) >= 11 is 0. The van der Waals surface area contributed by atoms with Crippen molar-refractivity contribution in [2.45, 2.75) is 24.0 Å². The van der Waals surface area contributed by atoms with E-state index in [1.165, 1.54) is 22.5 Å². The molecule has 0 saturated carbocycles. The first-order chi connectivity index (χ1) is 11.1. The van der Waals surface area contributed by atoms with E-state index in [1.807, 2.05) is 12.1 Å². The molecule has 0 N–H and O–H groups in total. The molecule has 0 aliphatic carbocycles. The highest BCUT2D eigenvalue weighted by molar-refractivity contribution is 7.89. The third kappa shape index (κ3) is 3.74. The highest BCUT2D eigenvalue weighted by atomic mass is 32.2. The van der Waals surface area contributed by atoms with Gasteiger partial charge < -0.3 is 4.74 Å². The molecule has 1 fully saturated rings. The summed E-state index contributed by atoms with van der Waals surface area (Å²) in [5.41, 5.74) is 0.992. The number of benzene rings is 1. The van der Waals surface area contributed by atoms with Gasteiger partial charge in [-0.25, -0.2) is 12.8 Å². The summed E-state index contributed by atoms with van der Waals surface area (Å²) in [5.74, 6) is -0.559. The molecule has 122 valence electrons. The molecular weight excluding hydrogens is 319 g/mol. The number of hydrogen-bond acceptors (Lipinski definition) is 4. The van der Waals surface area contributed by atoms with E-state index in [0.29, 0.717) is 19.6 Å². The van der Waals surface area contributed by atoms with Gasteiger partial charge in [-0.15, -0.1) is 0 Å². The van der Waals surface area contributed by atoms with Gasteiger partial charge in [0.25, 0.3) is 0 Å². The van der Waals surface area contributed by atoms with Gasteiger partial charge in [-0.1, -0.05) is 6.07 Å². The van der Waals surface area contributed by atoms with Gasteiger partial charge in [0.15, 0.2) is 0 Å². The van der Waals surface area contributed by atoms with Crippen LogP contribution in [0.5, 0.6) is 0 Å². The fourth-order valence-corrected chi connectivity index (χ4v) is 4.04. The smallest absolute Gasteiger partial charge is 0.243 e. The Balaban J connectivity index is 1.63.